The Bertz CT molecular complexity index is 475. The number of benzene rings is 1. The van der Waals surface area contributed by atoms with Crippen LogP contribution in [0.1, 0.15) is 31.2 Å². The molecule has 1 aromatic carbocycles. The molecule has 110 valence electrons. The molecule has 0 amide bonds. The van der Waals surface area contributed by atoms with Crippen LogP contribution < -0.4 is 5.32 Å². The predicted octanol–water partition coefficient (Wildman–Crippen LogP) is 3.77. The maximum Gasteiger partial charge on any atom is 0.168 e. The van der Waals surface area contributed by atoms with Gasteiger partial charge < -0.3 is 14.8 Å². The van der Waals surface area contributed by atoms with Crippen molar-refractivity contribution >= 4 is 23.2 Å². The Kier molecular flexibility index (Phi) is 4.53. The molecule has 0 unspecified atom stereocenters. The van der Waals surface area contributed by atoms with Crippen molar-refractivity contribution in [1.29, 1.82) is 0 Å². The molecule has 2 aliphatic rings. The van der Waals surface area contributed by atoms with Crippen molar-refractivity contribution < 1.29 is 9.47 Å². The summed E-state index contributed by atoms with van der Waals surface area (Å²) in [6, 6.07) is 5.69. The minimum atomic E-state index is -0.268. The van der Waals surface area contributed by atoms with Gasteiger partial charge >= 0.3 is 0 Å². The minimum Gasteiger partial charge on any atom is -0.347 e. The Morgan fingerprint density at radius 2 is 2.00 bits per heavy atom. The van der Waals surface area contributed by atoms with E-state index in [0.717, 1.165) is 31.5 Å². The Morgan fingerprint density at radius 3 is 2.75 bits per heavy atom. The molecule has 3 rings (SSSR count). The summed E-state index contributed by atoms with van der Waals surface area (Å²) in [4.78, 5) is 0. The van der Waals surface area contributed by atoms with Gasteiger partial charge in [-0.1, -0.05) is 29.3 Å². The number of nitrogens with one attached hydrogen (secondary N) is 1. The van der Waals surface area contributed by atoms with E-state index in [1.165, 1.54) is 12.8 Å². The number of ether oxygens (including phenoxy) is 2. The molecule has 1 saturated carbocycles. The maximum atomic E-state index is 6.06. The van der Waals surface area contributed by atoms with Gasteiger partial charge in [-0.2, -0.15) is 0 Å². The van der Waals surface area contributed by atoms with Gasteiger partial charge in [0, 0.05) is 25.9 Å². The lowest BCUT2D eigenvalue weighted by Crippen LogP contribution is -2.31. The van der Waals surface area contributed by atoms with Crippen molar-refractivity contribution in [3.8, 4) is 0 Å². The average molecular weight is 316 g/mol. The molecule has 1 aromatic rings. The maximum absolute atomic E-state index is 6.06. The van der Waals surface area contributed by atoms with Crippen LogP contribution in [0.15, 0.2) is 18.2 Å². The molecule has 3 nitrogen and oxygen atoms in total. The third-order valence-corrected chi connectivity index (χ3v) is 4.70. The monoisotopic (exact) mass is 315 g/mol. The van der Waals surface area contributed by atoms with E-state index in [4.69, 9.17) is 32.7 Å². The molecule has 1 aliphatic heterocycles. The number of rotatable bonds is 4. The topological polar surface area (TPSA) is 30.5 Å². The van der Waals surface area contributed by atoms with E-state index in [1.54, 1.807) is 0 Å². The zero-order valence-corrected chi connectivity index (χ0v) is 12.8. The average Bonchev–Trinajstić information content (AvgIpc) is 3.05. The van der Waals surface area contributed by atoms with Gasteiger partial charge in [0.15, 0.2) is 5.79 Å². The molecule has 1 heterocycles. The standard InChI is InChI=1S/C15H19Cl2NO2/c16-13-4-3-11(7-14(13)17)8-18-9-12-10-19-15(20-12)5-1-2-6-15/h3-4,7,12,18H,1-2,5-6,8-10H2/t12-/m1/s1. The Hall–Kier alpha value is -0.320. The molecular weight excluding hydrogens is 297 g/mol. The Balaban J connectivity index is 1.45. The molecule has 20 heavy (non-hydrogen) atoms. The fraction of sp³-hybridized carbons (Fsp3) is 0.600. The molecule has 1 saturated heterocycles. The second kappa shape index (κ2) is 6.20. The first-order valence-corrected chi connectivity index (χ1v) is 7.89. The Morgan fingerprint density at radius 1 is 1.20 bits per heavy atom. The molecule has 1 spiro atoms. The van der Waals surface area contributed by atoms with E-state index >= 15 is 0 Å². The van der Waals surface area contributed by atoms with Crippen molar-refractivity contribution in [2.24, 2.45) is 0 Å². The lowest BCUT2D eigenvalue weighted by atomic mass is 10.2. The highest BCUT2D eigenvalue weighted by atomic mass is 35.5. The van der Waals surface area contributed by atoms with Crippen LogP contribution in [0.25, 0.3) is 0 Å². The zero-order chi connectivity index (χ0) is 14.0. The summed E-state index contributed by atoms with van der Waals surface area (Å²) in [7, 11) is 0. The van der Waals surface area contributed by atoms with Crippen molar-refractivity contribution in [2.75, 3.05) is 13.2 Å². The van der Waals surface area contributed by atoms with Crippen molar-refractivity contribution in [1.82, 2.24) is 5.32 Å². The Labute approximate surface area is 129 Å². The first kappa shape index (κ1) is 14.6. The normalized spacial score (nSPS) is 24.6. The highest BCUT2D eigenvalue weighted by molar-refractivity contribution is 6.42. The molecule has 0 radical (unpaired) electrons. The van der Waals surface area contributed by atoms with Gasteiger partial charge in [0.2, 0.25) is 0 Å². The van der Waals surface area contributed by atoms with Crippen molar-refractivity contribution in [3.63, 3.8) is 0 Å². The summed E-state index contributed by atoms with van der Waals surface area (Å²) in [6.45, 7) is 2.24. The third-order valence-electron chi connectivity index (χ3n) is 3.96. The van der Waals surface area contributed by atoms with Crippen LogP contribution >= 0.6 is 23.2 Å². The molecule has 1 aliphatic carbocycles. The summed E-state index contributed by atoms with van der Waals surface area (Å²) < 4.78 is 11.9. The van der Waals surface area contributed by atoms with Crippen LogP contribution in [0.2, 0.25) is 10.0 Å². The van der Waals surface area contributed by atoms with Crippen molar-refractivity contribution in [3.05, 3.63) is 33.8 Å². The highest BCUT2D eigenvalue weighted by Gasteiger charge is 2.43. The van der Waals surface area contributed by atoms with E-state index in [9.17, 15) is 0 Å². The summed E-state index contributed by atoms with van der Waals surface area (Å²) in [5.41, 5.74) is 1.12. The van der Waals surface area contributed by atoms with Crippen LogP contribution in [0, 0.1) is 0 Å². The molecule has 1 N–H and O–H groups in total. The first-order valence-electron chi connectivity index (χ1n) is 7.13. The minimum absolute atomic E-state index is 0.149. The van der Waals surface area contributed by atoms with Gasteiger partial charge in [-0.3, -0.25) is 0 Å². The van der Waals surface area contributed by atoms with E-state index in [2.05, 4.69) is 5.32 Å². The van der Waals surface area contributed by atoms with Gasteiger partial charge in [0.05, 0.1) is 22.8 Å². The summed E-state index contributed by atoms with van der Waals surface area (Å²) >= 11 is 11.9. The SMILES string of the molecule is Clc1ccc(CNC[C@@H]2COC3(CCCC3)O2)cc1Cl. The van der Waals surface area contributed by atoms with Crippen LogP contribution in [-0.4, -0.2) is 25.0 Å². The smallest absolute Gasteiger partial charge is 0.168 e. The zero-order valence-electron chi connectivity index (χ0n) is 11.3. The third kappa shape index (κ3) is 3.29. The quantitative estimate of drug-likeness (QED) is 0.917. The largest absolute Gasteiger partial charge is 0.347 e. The number of hydrogen-bond acceptors (Lipinski definition) is 3. The molecular formula is C15H19Cl2NO2. The fourth-order valence-electron chi connectivity index (χ4n) is 2.92. The van der Waals surface area contributed by atoms with Crippen LogP contribution in [0.5, 0.6) is 0 Å². The summed E-state index contributed by atoms with van der Waals surface area (Å²) in [6.07, 6.45) is 4.65. The van der Waals surface area contributed by atoms with Gasteiger partial charge in [0.1, 0.15) is 0 Å². The molecule has 0 aromatic heterocycles. The van der Waals surface area contributed by atoms with E-state index in [0.29, 0.717) is 16.7 Å². The second-order valence-electron chi connectivity index (χ2n) is 5.55. The van der Waals surface area contributed by atoms with Crippen molar-refractivity contribution in [2.45, 2.75) is 44.1 Å². The van der Waals surface area contributed by atoms with Crippen LogP contribution in [0.4, 0.5) is 0 Å². The van der Waals surface area contributed by atoms with E-state index in [1.807, 2.05) is 18.2 Å². The lowest BCUT2D eigenvalue weighted by molar-refractivity contribution is -0.161. The molecule has 5 heteroatoms. The summed E-state index contributed by atoms with van der Waals surface area (Å²) in [5, 5.41) is 4.57. The number of hydrogen-bond donors (Lipinski definition) is 1. The van der Waals surface area contributed by atoms with Crippen LogP contribution in [-0.2, 0) is 16.0 Å². The molecule has 1 atom stereocenters. The summed E-state index contributed by atoms with van der Waals surface area (Å²) in [5.74, 6) is -0.268. The lowest BCUT2D eigenvalue weighted by Gasteiger charge is -2.22. The highest BCUT2D eigenvalue weighted by Crippen LogP contribution is 2.39. The first-order chi connectivity index (χ1) is 9.67. The molecule has 0 bridgehead atoms. The van der Waals surface area contributed by atoms with Gasteiger partial charge in [-0.15, -0.1) is 0 Å². The molecule has 2 fully saturated rings. The van der Waals surface area contributed by atoms with Gasteiger partial charge in [-0.05, 0) is 30.5 Å². The fourth-order valence-corrected chi connectivity index (χ4v) is 3.24. The van der Waals surface area contributed by atoms with E-state index in [-0.39, 0.29) is 11.9 Å². The van der Waals surface area contributed by atoms with Crippen LogP contribution in [0.3, 0.4) is 0 Å². The van der Waals surface area contributed by atoms with E-state index < -0.39 is 0 Å². The second-order valence-corrected chi connectivity index (χ2v) is 6.36. The van der Waals surface area contributed by atoms with Gasteiger partial charge in [0.25, 0.3) is 0 Å². The number of halogens is 2. The van der Waals surface area contributed by atoms with Gasteiger partial charge in [-0.25, -0.2) is 0 Å². The predicted molar refractivity (Wildman–Crippen MR) is 80.2 cm³/mol.